The number of aryl methyl sites for hydroxylation is 3. The molecule has 0 amide bonds. The molecule has 0 unspecified atom stereocenters. The van der Waals surface area contributed by atoms with Gasteiger partial charge in [0.1, 0.15) is 12.2 Å². The predicted molar refractivity (Wildman–Crippen MR) is 76.9 cm³/mol. The Labute approximate surface area is 124 Å². The van der Waals surface area contributed by atoms with Crippen LogP contribution in [-0.2, 0) is 13.8 Å². The minimum atomic E-state index is -4.60. The molecule has 118 valence electrons. The number of ether oxygens (including phenoxy) is 1. The lowest BCUT2D eigenvalue weighted by Crippen LogP contribution is -2.26. The van der Waals surface area contributed by atoms with E-state index in [0.717, 1.165) is 16.7 Å². The van der Waals surface area contributed by atoms with Gasteiger partial charge < -0.3 is 19.6 Å². The molecule has 0 aromatic heterocycles. The van der Waals surface area contributed by atoms with Gasteiger partial charge in [0.05, 0.1) is 12.7 Å². The second-order valence-electron chi connectivity index (χ2n) is 5.51. The maximum Gasteiger partial charge on any atom is 0.469 e. The van der Waals surface area contributed by atoms with Crippen molar-refractivity contribution in [2.24, 2.45) is 0 Å². The summed E-state index contributed by atoms with van der Waals surface area (Å²) in [5, 5.41) is 9.31. The van der Waals surface area contributed by atoms with Gasteiger partial charge in [0.15, 0.2) is 0 Å². The van der Waals surface area contributed by atoms with Crippen LogP contribution in [0.3, 0.4) is 0 Å². The minimum Gasteiger partial charge on any atom is -0.394 e. The number of aliphatic hydroxyl groups is 1. The van der Waals surface area contributed by atoms with Crippen LogP contribution in [0.4, 0.5) is 0 Å². The van der Waals surface area contributed by atoms with Crippen LogP contribution in [0.15, 0.2) is 12.1 Å². The van der Waals surface area contributed by atoms with Gasteiger partial charge in [0, 0.05) is 6.42 Å². The third-order valence-electron chi connectivity index (χ3n) is 3.88. The van der Waals surface area contributed by atoms with Gasteiger partial charge in [-0.25, -0.2) is 4.57 Å². The first-order chi connectivity index (χ1) is 9.71. The molecule has 21 heavy (non-hydrogen) atoms. The van der Waals surface area contributed by atoms with E-state index in [1.54, 1.807) is 0 Å². The highest BCUT2D eigenvalue weighted by molar-refractivity contribution is 7.46. The minimum absolute atomic E-state index is 0.305. The standard InChI is InChI=1S/C14H21O6P/c1-8-4-10(3)11(5-9(8)2)12-6-13(14(7-15)19-12)20-21(16,17)18/h4-5,12-15H,6-7H2,1-3H3,(H2,16,17,18)/t12-,13+,14-/m1/s1. The highest BCUT2D eigenvalue weighted by Crippen LogP contribution is 2.45. The molecule has 6 nitrogen and oxygen atoms in total. The van der Waals surface area contributed by atoms with E-state index in [-0.39, 0.29) is 12.7 Å². The Morgan fingerprint density at radius 1 is 1.24 bits per heavy atom. The normalized spacial score (nSPS) is 26.3. The van der Waals surface area contributed by atoms with Gasteiger partial charge in [-0.1, -0.05) is 12.1 Å². The van der Waals surface area contributed by atoms with Gasteiger partial charge in [-0.05, 0) is 43.0 Å². The summed E-state index contributed by atoms with van der Waals surface area (Å²) >= 11 is 0. The van der Waals surface area contributed by atoms with Crippen LogP contribution in [0.5, 0.6) is 0 Å². The monoisotopic (exact) mass is 316 g/mol. The summed E-state index contributed by atoms with van der Waals surface area (Å²) in [4.78, 5) is 17.9. The first-order valence-corrected chi connectivity index (χ1v) is 8.32. The molecule has 2 rings (SSSR count). The first kappa shape index (κ1) is 16.6. The van der Waals surface area contributed by atoms with Crippen molar-refractivity contribution in [3.05, 3.63) is 34.4 Å². The zero-order chi connectivity index (χ0) is 15.8. The molecule has 1 heterocycles. The number of phosphoric ester groups is 1. The number of benzene rings is 1. The van der Waals surface area contributed by atoms with Crippen molar-refractivity contribution >= 4 is 7.82 Å². The van der Waals surface area contributed by atoms with Crippen molar-refractivity contribution in [1.29, 1.82) is 0 Å². The summed E-state index contributed by atoms with van der Waals surface area (Å²) in [7, 11) is -4.60. The van der Waals surface area contributed by atoms with Crippen LogP contribution in [-0.4, -0.2) is 33.7 Å². The molecule has 0 aliphatic carbocycles. The van der Waals surface area contributed by atoms with Crippen LogP contribution >= 0.6 is 7.82 Å². The Bertz CT molecular complexity index is 567. The summed E-state index contributed by atoms with van der Waals surface area (Å²) < 4.78 is 21.4. The lowest BCUT2D eigenvalue weighted by molar-refractivity contribution is -0.0222. The molecule has 1 aromatic carbocycles. The predicted octanol–water partition coefficient (Wildman–Crippen LogP) is 1.91. The molecule has 1 aliphatic heterocycles. The van der Waals surface area contributed by atoms with E-state index in [1.807, 2.05) is 26.8 Å². The largest absolute Gasteiger partial charge is 0.469 e. The Morgan fingerprint density at radius 3 is 2.43 bits per heavy atom. The van der Waals surface area contributed by atoms with E-state index in [9.17, 15) is 9.67 Å². The van der Waals surface area contributed by atoms with Gasteiger partial charge in [0.2, 0.25) is 0 Å². The zero-order valence-corrected chi connectivity index (χ0v) is 13.2. The van der Waals surface area contributed by atoms with Crippen molar-refractivity contribution in [1.82, 2.24) is 0 Å². The highest BCUT2D eigenvalue weighted by atomic mass is 31.2. The van der Waals surface area contributed by atoms with E-state index in [2.05, 4.69) is 6.07 Å². The second-order valence-corrected chi connectivity index (χ2v) is 6.70. The Kier molecular flexibility index (Phi) is 4.88. The molecule has 3 atom stereocenters. The van der Waals surface area contributed by atoms with E-state index in [1.165, 1.54) is 5.56 Å². The van der Waals surface area contributed by atoms with Gasteiger partial charge in [-0.2, -0.15) is 0 Å². The van der Waals surface area contributed by atoms with Crippen molar-refractivity contribution in [2.45, 2.75) is 45.5 Å². The lowest BCUT2D eigenvalue weighted by atomic mass is 9.95. The highest BCUT2D eigenvalue weighted by Gasteiger charge is 2.40. The zero-order valence-electron chi connectivity index (χ0n) is 12.3. The molecular formula is C14H21O6P. The average Bonchev–Trinajstić information content (AvgIpc) is 2.74. The van der Waals surface area contributed by atoms with Crippen molar-refractivity contribution in [3.63, 3.8) is 0 Å². The van der Waals surface area contributed by atoms with E-state index in [0.29, 0.717) is 6.42 Å². The van der Waals surface area contributed by atoms with E-state index >= 15 is 0 Å². The second kappa shape index (κ2) is 6.16. The van der Waals surface area contributed by atoms with E-state index < -0.39 is 20.0 Å². The van der Waals surface area contributed by atoms with Crippen molar-refractivity contribution in [2.75, 3.05) is 6.61 Å². The van der Waals surface area contributed by atoms with Crippen LogP contribution < -0.4 is 0 Å². The topological polar surface area (TPSA) is 96.2 Å². The summed E-state index contributed by atoms with van der Waals surface area (Å²) in [5.41, 5.74) is 4.32. The van der Waals surface area contributed by atoms with Crippen molar-refractivity contribution in [3.8, 4) is 0 Å². The van der Waals surface area contributed by atoms with Crippen LogP contribution in [0, 0.1) is 20.8 Å². The number of rotatable bonds is 4. The molecule has 1 aromatic rings. The number of hydrogen-bond donors (Lipinski definition) is 3. The average molecular weight is 316 g/mol. The Hall–Kier alpha value is -0.750. The molecule has 0 radical (unpaired) electrons. The fourth-order valence-electron chi connectivity index (χ4n) is 2.69. The summed E-state index contributed by atoms with van der Waals surface area (Å²) in [6.07, 6.45) is -1.58. The van der Waals surface area contributed by atoms with Crippen LogP contribution in [0.1, 0.15) is 34.8 Å². The SMILES string of the molecule is Cc1cc(C)c([C@H]2C[C@H](OP(=O)(O)O)[C@@H](CO)O2)cc1C. The molecule has 0 bridgehead atoms. The molecule has 3 N–H and O–H groups in total. The summed E-state index contributed by atoms with van der Waals surface area (Å²) in [6.45, 7) is 5.65. The Balaban J connectivity index is 2.23. The Morgan fingerprint density at radius 2 is 1.86 bits per heavy atom. The fraction of sp³-hybridized carbons (Fsp3) is 0.571. The molecule has 1 fully saturated rings. The maximum atomic E-state index is 11.0. The number of phosphoric acid groups is 1. The van der Waals surface area contributed by atoms with Crippen LogP contribution in [0.25, 0.3) is 0 Å². The van der Waals surface area contributed by atoms with Gasteiger partial charge in [-0.15, -0.1) is 0 Å². The van der Waals surface area contributed by atoms with Crippen LogP contribution in [0.2, 0.25) is 0 Å². The lowest BCUT2D eigenvalue weighted by Gasteiger charge is -2.17. The molecule has 0 saturated carbocycles. The molecule has 1 aliphatic rings. The third kappa shape index (κ3) is 3.92. The third-order valence-corrected chi connectivity index (χ3v) is 4.43. The number of hydrogen-bond acceptors (Lipinski definition) is 4. The van der Waals surface area contributed by atoms with Gasteiger partial charge >= 0.3 is 7.82 Å². The van der Waals surface area contributed by atoms with Crippen molar-refractivity contribution < 1.29 is 28.7 Å². The van der Waals surface area contributed by atoms with E-state index in [4.69, 9.17) is 19.0 Å². The summed E-state index contributed by atoms with van der Waals surface area (Å²) in [5.74, 6) is 0. The molecular weight excluding hydrogens is 295 g/mol. The molecule has 1 saturated heterocycles. The quantitative estimate of drug-likeness (QED) is 0.734. The van der Waals surface area contributed by atoms with Gasteiger partial charge in [0.25, 0.3) is 0 Å². The first-order valence-electron chi connectivity index (χ1n) is 6.79. The maximum absolute atomic E-state index is 11.0. The smallest absolute Gasteiger partial charge is 0.394 e. The molecule has 0 spiro atoms. The fourth-order valence-corrected chi connectivity index (χ4v) is 3.27. The summed E-state index contributed by atoms with van der Waals surface area (Å²) in [6, 6.07) is 4.07. The number of aliphatic hydroxyl groups excluding tert-OH is 1. The van der Waals surface area contributed by atoms with Gasteiger partial charge in [-0.3, -0.25) is 4.52 Å². The molecule has 7 heteroatoms.